The second-order valence-electron chi connectivity index (χ2n) is 6.05. The number of ether oxygens (including phenoxy) is 1. The molecule has 0 aliphatic carbocycles. The lowest BCUT2D eigenvalue weighted by molar-refractivity contribution is -0.121. The van der Waals surface area contributed by atoms with Gasteiger partial charge in [0.1, 0.15) is 5.75 Å². The molecule has 8 heteroatoms. The Bertz CT molecular complexity index is 916. The van der Waals surface area contributed by atoms with Crippen molar-refractivity contribution in [2.75, 3.05) is 20.2 Å². The van der Waals surface area contributed by atoms with Gasteiger partial charge < -0.3 is 10.1 Å². The number of likely N-dealkylation sites (N-methyl/N-ethyl adjacent to an activating group) is 1. The summed E-state index contributed by atoms with van der Waals surface area (Å²) in [6.07, 6.45) is 0. The third kappa shape index (κ3) is 5.69. The van der Waals surface area contributed by atoms with Gasteiger partial charge in [-0.05, 0) is 37.6 Å². The zero-order chi connectivity index (χ0) is 20.0. The molecule has 0 aromatic heterocycles. The second kappa shape index (κ2) is 9.21. The van der Waals surface area contributed by atoms with Gasteiger partial charge >= 0.3 is 0 Å². The van der Waals surface area contributed by atoms with E-state index in [9.17, 15) is 13.2 Å². The van der Waals surface area contributed by atoms with Crippen LogP contribution in [0.25, 0.3) is 0 Å². The molecule has 2 aromatic rings. The molecule has 0 spiro atoms. The Morgan fingerprint density at radius 1 is 1.22 bits per heavy atom. The Morgan fingerprint density at radius 2 is 1.96 bits per heavy atom. The Balaban J connectivity index is 2.01. The minimum atomic E-state index is -3.85. The van der Waals surface area contributed by atoms with Crippen molar-refractivity contribution < 1.29 is 17.9 Å². The second-order valence-corrected chi connectivity index (χ2v) is 8.50. The first-order chi connectivity index (χ1) is 12.7. The highest BCUT2D eigenvalue weighted by atomic mass is 35.5. The molecule has 0 heterocycles. The number of nitrogens with one attached hydrogen (secondary N) is 1. The predicted molar refractivity (Wildman–Crippen MR) is 105 cm³/mol. The fourth-order valence-corrected chi connectivity index (χ4v) is 3.91. The van der Waals surface area contributed by atoms with Crippen LogP contribution < -0.4 is 10.1 Å². The Morgan fingerprint density at radius 3 is 2.59 bits per heavy atom. The molecule has 0 bridgehead atoms. The molecular weight excluding hydrogens is 388 g/mol. The molecule has 0 unspecified atom stereocenters. The Labute approximate surface area is 165 Å². The summed E-state index contributed by atoms with van der Waals surface area (Å²) in [5.41, 5.74) is 2.04. The smallest absolute Gasteiger partial charge is 0.243 e. The summed E-state index contributed by atoms with van der Waals surface area (Å²) in [5.74, 6) is 0.0243. The summed E-state index contributed by atoms with van der Waals surface area (Å²) in [6.45, 7) is 4.24. The number of hydrogen-bond donors (Lipinski definition) is 1. The number of benzene rings is 2. The first kappa shape index (κ1) is 21.2. The monoisotopic (exact) mass is 410 g/mol. The largest absolute Gasteiger partial charge is 0.492 e. The molecule has 2 rings (SSSR count). The maximum absolute atomic E-state index is 12.7. The van der Waals surface area contributed by atoms with Crippen LogP contribution in [0, 0.1) is 6.92 Å². The van der Waals surface area contributed by atoms with E-state index >= 15 is 0 Å². The summed E-state index contributed by atoms with van der Waals surface area (Å²) in [4.78, 5) is 12.1. The van der Waals surface area contributed by atoms with E-state index in [2.05, 4.69) is 5.32 Å². The molecule has 0 fully saturated rings. The SMILES string of the molecule is CCOc1ccc(S(=O)(=O)N(C)CC(=O)NCc2cccc(C)c2)cc1Cl. The van der Waals surface area contributed by atoms with Crippen LogP contribution in [-0.2, 0) is 21.4 Å². The average molecular weight is 411 g/mol. The van der Waals surface area contributed by atoms with Crippen molar-refractivity contribution in [2.45, 2.75) is 25.3 Å². The number of amides is 1. The van der Waals surface area contributed by atoms with E-state index in [-0.39, 0.29) is 22.4 Å². The molecule has 0 saturated carbocycles. The number of aryl methyl sites for hydroxylation is 1. The average Bonchev–Trinajstić information content (AvgIpc) is 2.61. The van der Waals surface area contributed by atoms with Gasteiger partial charge in [0.2, 0.25) is 15.9 Å². The lowest BCUT2D eigenvalue weighted by Gasteiger charge is -2.17. The summed E-state index contributed by atoms with van der Waals surface area (Å²) >= 11 is 6.07. The molecule has 0 aliphatic rings. The number of sulfonamides is 1. The molecule has 0 aliphatic heterocycles. The maximum atomic E-state index is 12.7. The van der Waals surface area contributed by atoms with Crippen molar-refractivity contribution in [3.05, 3.63) is 58.6 Å². The predicted octanol–water partition coefficient (Wildman–Crippen LogP) is 2.98. The molecular formula is C19H23ClN2O4S. The van der Waals surface area contributed by atoms with E-state index in [0.717, 1.165) is 15.4 Å². The first-order valence-corrected chi connectivity index (χ1v) is 10.3. The highest BCUT2D eigenvalue weighted by Gasteiger charge is 2.24. The van der Waals surface area contributed by atoms with Crippen molar-refractivity contribution in [1.29, 1.82) is 0 Å². The number of halogens is 1. The van der Waals surface area contributed by atoms with Gasteiger partial charge in [-0.3, -0.25) is 4.79 Å². The lowest BCUT2D eigenvalue weighted by atomic mass is 10.1. The number of hydrogen-bond acceptors (Lipinski definition) is 4. The van der Waals surface area contributed by atoms with E-state index in [4.69, 9.17) is 16.3 Å². The van der Waals surface area contributed by atoms with Crippen molar-refractivity contribution in [3.8, 4) is 5.75 Å². The third-order valence-electron chi connectivity index (χ3n) is 3.85. The summed E-state index contributed by atoms with van der Waals surface area (Å²) in [5, 5.41) is 2.93. The van der Waals surface area contributed by atoms with Gasteiger partial charge in [0.25, 0.3) is 0 Å². The molecule has 6 nitrogen and oxygen atoms in total. The van der Waals surface area contributed by atoms with Crippen LogP contribution in [0.1, 0.15) is 18.1 Å². The molecule has 0 atom stereocenters. The van der Waals surface area contributed by atoms with E-state index in [1.165, 1.54) is 25.2 Å². The highest BCUT2D eigenvalue weighted by molar-refractivity contribution is 7.89. The zero-order valence-corrected chi connectivity index (χ0v) is 17.1. The van der Waals surface area contributed by atoms with Gasteiger partial charge in [0.15, 0.2) is 0 Å². The van der Waals surface area contributed by atoms with Gasteiger partial charge in [-0.25, -0.2) is 8.42 Å². The van der Waals surface area contributed by atoms with Gasteiger partial charge in [-0.15, -0.1) is 0 Å². The van der Waals surface area contributed by atoms with Gasteiger partial charge in [-0.2, -0.15) is 4.31 Å². The highest BCUT2D eigenvalue weighted by Crippen LogP contribution is 2.28. The van der Waals surface area contributed by atoms with Crippen LogP contribution >= 0.6 is 11.6 Å². The van der Waals surface area contributed by atoms with Crippen LogP contribution in [0.2, 0.25) is 5.02 Å². The summed E-state index contributed by atoms with van der Waals surface area (Å²) < 4.78 is 31.6. The first-order valence-electron chi connectivity index (χ1n) is 8.45. The van der Waals surface area contributed by atoms with E-state index in [0.29, 0.717) is 18.9 Å². The number of carbonyl (C=O) groups excluding carboxylic acids is 1. The van der Waals surface area contributed by atoms with Crippen LogP contribution in [0.15, 0.2) is 47.4 Å². The summed E-state index contributed by atoms with van der Waals surface area (Å²) in [7, 11) is -2.49. The van der Waals surface area contributed by atoms with Crippen LogP contribution in [0.3, 0.4) is 0 Å². The number of nitrogens with zero attached hydrogens (tertiary/aromatic N) is 1. The molecule has 27 heavy (non-hydrogen) atoms. The maximum Gasteiger partial charge on any atom is 0.243 e. The van der Waals surface area contributed by atoms with Crippen molar-refractivity contribution >= 4 is 27.5 Å². The fraction of sp³-hybridized carbons (Fsp3) is 0.316. The standard InChI is InChI=1S/C19H23ClN2O4S/c1-4-26-18-9-8-16(11-17(18)20)27(24,25)22(3)13-19(23)21-12-15-7-5-6-14(2)10-15/h5-11H,4,12-13H2,1-3H3,(H,21,23). The van der Waals surface area contributed by atoms with Gasteiger partial charge in [0, 0.05) is 13.6 Å². The minimum Gasteiger partial charge on any atom is -0.492 e. The van der Waals surface area contributed by atoms with E-state index in [1.807, 2.05) is 38.1 Å². The molecule has 1 N–H and O–H groups in total. The number of rotatable bonds is 8. The topological polar surface area (TPSA) is 75.7 Å². The number of carbonyl (C=O) groups is 1. The molecule has 0 radical (unpaired) electrons. The summed E-state index contributed by atoms with van der Waals surface area (Å²) in [6, 6.07) is 12.0. The van der Waals surface area contributed by atoms with E-state index < -0.39 is 10.0 Å². The molecule has 146 valence electrons. The van der Waals surface area contributed by atoms with Gasteiger partial charge in [0.05, 0.1) is 23.1 Å². The normalized spacial score (nSPS) is 11.4. The zero-order valence-electron chi connectivity index (χ0n) is 15.5. The van der Waals surface area contributed by atoms with Crippen LogP contribution in [-0.4, -0.2) is 38.8 Å². The lowest BCUT2D eigenvalue weighted by Crippen LogP contribution is -2.38. The van der Waals surface area contributed by atoms with Crippen molar-refractivity contribution in [3.63, 3.8) is 0 Å². The quantitative estimate of drug-likeness (QED) is 0.725. The van der Waals surface area contributed by atoms with Crippen molar-refractivity contribution in [2.24, 2.45) is 0 Å². The van der Waals surface area contributed by atoms with E-state index in [1.54, 1.807) is 0 Å². The van der Waals surface area contributed by atoms with Crippen LogP contribution in [0.5, 0.6) is 5.75 Å². The van der Waals surface area contributed by atoms with Gasteiger partial charge in [-0.1, -0.05) is 41.4 Å². The third-order valence-corrected chi connectivity index (χ3v) is 5.94. The van der Waals surface area contributed by atoms with Crippen molar-refractivity contribution in [1.82, 2.24) is 9.62 Å². The Kier molecular flexibility index (Phi) is 7.24. The molecule has 1 amide bonds. The fourth-order valence-electron chi connectivity index (χ4n) is 2.46. The molecule has 0 saturated heterocycles. The Hall–Kier alpha value is -2.09. The van der Waals surface area contributed by atoms with Crippen LogP contribution in [0.4, 0.5) is 0 Å². The molecule has 2 aromatic carbocycles. The minimum absolute atomic E-state index is 0.00457.